The van der Waals surface area contributed by atoms with Crippen molar-refractivity contribution >= 4 is 22.8 Å². The number of carbonyl (C=O) groups is 2. The van der Waals surface area contributed by atoms with E-state index in [0.29, 0.717) is 31.1 Å². The molecule has 3 aromatic rings. The van der Waals surface area contributed by atoms with Crippen LogP contribution in [0.1, 0.15) is 62.6 Å². The standard InChI is InChI=1S/C26H36N6O4/c1-16-13-20(29-32(16)26(2,3)4)24(34)28-27-23(33)18-9-7-17(8-10-18)15-31-22-14-19(36-6)11-12-21(22)30(5)25(31)35/h11-14,17-18H,7-10,15H2,1-6H3,(H,27,33)(H,28,34). The number of hydrogen-bond donors (Lipinski definition) is 2. The Morgan fingerprint density at radius 1 is 1.08 bits per heavy atom. The average molecular weight is 497 g/mol. The number of aryl methyl sites for hydroxylation is 2. The Morgan fingerprint density at radius 2 is 1.78 bits per heavy atom. The maximum Gasteiger partial charge on any atom is 0.328 e. The van der Waals surface area contributed by atoms with Crippen molar-refractivity contribution in [2.45, 2.75) is 65.5 Å². The SMILES string of the molecule is COc1ccc2c(c1)n(CC1CCC(C(=O)NNC(=O)c3cc(C)n(C(C)(C)C)n3)CC1)c(=O)n2C. The van der Waals surface area contributed by atoms with Gasteiger partial charge in [-0.1, -0.05) is 0 Å². The zero-order valence-corrected chi connectivity index (χ0v) is 21.9. The lowest BCUT2D eigenvalue weighted by Crippen LogP contribution is -2.45. The van der Waals surface area contributed by atoms with E-state index in [9.17, 15) is 14.4 Å². The number of ether oxygens (including phenoxy) is 1. The number of imidazole rings is 1. The molecular weight excluding hydrogens is 460 g/mol. The molecule has 194 valence electrons. The van der Waals surface area contributed by atoms with Gasteiger partial charge in [-0.05, 0) is 77.5 Å². The molecule has 10 heteroatoms. The fraction of sp³-hybridized carbons (Fsp3) is 0.538. The number of fused-ring (bicyclic) bond motifs is 1. The second-order valence-electron chi connectivity index (χ2n) is 10.7. The maximum atomic E-state index is 12.9. The van der Waals surface area contributed by atoms with Gasteiger partial charge in [0, 0.05) is 31.3 Å². The number of hydrazine groups is 1. The van der Waals surface area contributed by atoms with Crippen molar-refractivity contribution in [2.75, 3.05) is 7.11 Å². The smallest absolute Gasteiger partial charge is 0.328 e. The van der Waals surface area contributed by atoms with Crippen LogP contribution in [0.3, 0.4) is 0 Å². The summed E-state index contributed by atoms with van der Waals surface area (Å²) in [5.74, 6) is 0.196. The molecule has 0 bridgehead atoms. The minimum absolute atomic E-state index is 0.0510. The molecule has 1 saturated carbocycles. The first-order valence-electron chi connectivity index (χ1n) is 12.4. The molecule has 4 rings (SSSR count). The summed E-state index contributed by atoms with van der Waals surface area (Å²) in [6.45, 7) is 8.54. The molecule has 0 radical (unpaired) electrons. The lowest BCUT2D eigenvalue weighted by atomic mass is 9.81. The number of rotatable bonds is 5. The quantitative estimate of drug-likeness (QED) is 0.528. The van der Waals surface area contributed by atoms with Crippen molar-refractivity contribution in [3.05, 3.63) is 46.1 Å². The van der Waals surface area contributed by atoms with E-state index >= 15 is 0 Å². The first kappa shape index (κ1) is 25.5. The number of nitrogens with one attached hydrogen (secondary N) is 2. The second kappa shape index (κ2) is 9.83. The fourth-order valence-electron chi connectivity index (χ4n) is 5.11. The molecule has 0 aliphatic heterocycles. The zero-order valence-electron chi connectivity index (χ0n) is 21.9. The number of hydrogen-bond acceptors (Lipinski definition) is 5. The minimum atomic E-state index is -0.436. The van der Waals surface area contributed by atoms with Gasteiger partial charge in [0.25, 0.3) is 5.91 Å². The van der Waals surface area contributed by atoms with Gasteiger partial charge in [-0.3, -0.25) is 34.3 Å². The largest absolute Gasteiger partial charge is 0.497 e. The Kier molecular flexibility index (Phi) is 6.97. The summed E-state index contributed by atoms with van der Waals surface area (Å²) < 4.78 is 10.6. The van der Waals surface area contributed by atoms with Crippen LogP contribution >= 0.6 is 0 Å². The van der Waals surface area contributed by atoms with Crippen molar-refractivity contribution in [2.24, 2.45) is 18.9 Å². The van der Waals surface area contributed by atoms with Gasteiger partial charge >= 0.3 is 5.69 Å². The Hall–Kier alpha value is -3.56. The molecule has 0 spiro atoms. The van der Waals surface area contributed by atoms with Crippen LogP contribution in [0, 0.1) is 18.8 Å². The van der Waals surface area contributed by atoms with Gasteiger partial charge in [0.1, 0.15) is 5.75 Å². The third kappa shape index (κ3) is 5.03. The van der Waals surface area contributed by atoms with Crippen molar-refractivity contribution in [1.82, 2.24) is 29.8 Å². The highest BCUT2D eigenvalue weighted by Gasteiger charge is 2.28. The van der Waals surface area contributed by atoms with Gasteiger partial charge < -0.3 is 4.74 Å². The van der Waals surface area contributed by atoms with Crippen molar-refractivity contribution in [3.63, 3.8) is 0 Å². The van der Waals surface area contributed by atoms with Crippen molar-refractivity contribution in [1.29, 1.82) is 0 Å². The van der Waals surface area contributed by atoms with Crippen LogP contribution in [0.15, 0.2) is 29.1 Å². The number of benzene rings is 1. The Balaban J connectivity index is 1.33. The molecule has 1 aromatic carbocycles. The molecule has 2 N–H and O–H groups in total. The fourth-order valence-corrected chi connectivity index (χ4v) is 5.11. The van der Waals surface area contributed by atoms with Crippen molar-refractivity contribution < 1.29 is 14.3 Å². The average Bonchev–Trinajstić information content (AvgIpc) is 3.36. The summed E-state index contributed by atoms with van der Waals surface area (Å²) in [5.41, 5.74) is 7.65. The van der Waals surface area contributed by atoms with Gasteiger partial charge in [-0.15, -0.1) is 0 Å². The molecule has 0 atom stereocenters. The Morgan fingerprint density at radius 3 is 2.39 bits per heavy atom. The lowest BCUT2D eigenvalue weighted by Gasteiger charge is -2.28. The van der Waals surface area contributed by atoms with Gasteiger partial charge in [0.05, 0.1) is 23.7 Å². The number of carbonyl (C=O) groups excluding carboxylic acids is 2. The summed E-state index contributed by atoms with van der Waals surface area (Å²) >= 11 is 0. The molecular formula is C26H36N6O4. The van der Waals surface area contributed by atoms with E-state index in [1.54, 1.807) is 29.5 Å². The first-order valence-corrected chi connectivity index (χ1v) is 12.4. The zero-order chi connectivity index (χ0) is 26.2. The predicted octanol–water partition coefficient (Wildman–Crippen LogP) is 2.88. The minimum Gasteiger partial charge on any atom is -0.497 e. The molecule has 1 aliphatic rings. The summed E-state index contributed by atoms with van der Waals surface area (Å²) in [6.07, 6.45) is 3.06. The van der Waals surface area contributed by atoms with E-state index in [1.165, 1.54) is 0 Å². The summed E-state index contributed by atoms with van der Waals surface area (Å²) in [7, 11) is 3.39. The van der Waals surface area contributed by atoms with E-state index < -0.39 is 5.91 Å². The van der Waals surface area contributed by atoms with E-state index in [0.717, 1.165) is 29.6 Å². The van der Waals surface area contributed by atoms with Gasteiger partial charge in [0.2, 0.25) is 5.91 Å². The Bertz CT molecular complexity index is 1330. The lowest BCUT2D eigenvalue weighted by molar-refractivity contribution is -0.127. The second-order valence-corrected chi connectivity index (χ2v) is 10.7. The third-order valence-electron chi connectivity index (χ3n) is 7.07. The van der Waals surface area contributed by atoms with Crippen LogP contribution in [0.25, 0.3) is 11.0 Å². The van der Waals surface area contributed by atoms with Crippen molar-refractivity contribution in [3.8, 4) is 5.75 Å². The number of aromatic nitrogens is 4. The maximum absolute atomic E-state index is 12.9. The topological polar surface area (TPSA) is 112 Å². The van der Waals surface area contributed by atoms with Crippen LogP contribution in [-0.4, -0.2) is 37.8 Å². The molecule has 0 saturated heterocycles. The van der Waals surface area contributed by atoms with Crippen LogP contribution in [0.2, 0.25) is 0 Å². The highest BCUT2D eigenvalue weighted by molar-refractivity contribution is 5.94. The van der Waals surface area contributed by atoms with Gasteiger partial charge in [-0.2, -0.15) is 5.10 Å². The van der Waals surface area contributed by atoms with Gasteiger partial charge in [-0.25, -0.2) is 4.79 Å². The number of nitrogens with zero attached hydrogens (tertiary/aromatic N) is 4. The number of amides is 2. The third-order valence-corrected chi connectivity index (χ3v) is 7.07. The van der Waals surface area contributed by atoms with Crippen LogP contribution in [0.4, 0.5) is 0 Å². The summed E-state index contributed by atoms with van der Waals surface area (Å²) in [4.78, 5) is 38.1. The van der Waals surface area contributed by atoms with E-state index in [1.807, 2.05) is 50.5 Å². The number of methoxy groups -OCH3 is 1. The highest BCUT2D eigenvalue weighted by atomic mass is 16.5. The molecule has 1 fully saturated rings. The van der Waals surface area contributed by atoms with Crippen LogP contribution in [-0.2, 0) is 23.9 Å². The Labute approximate surface area is 210 Å². The molecule has 36 heavy (non-hydrogen) atoms. The van der Waals surface area contributed by atoms with E-state index in [4.69, 9.17) is 4.74 Å². The van der Waals surface area contributed by atoms with Crippen LogP contribution < -0.4 is 21.3 Å². The van der Waals surface area contributed by atoms with Crippen LogP contribution in [0.5, 0.6) is 5.75 Å². The highest BCUT2D eigenvalue weighted by Crippen LogP contribution is 2.31. The summed E-state index contributed by atoms with van der Waals surface area (Å²) in [5, 5.41) is 4.38. The molecule has 1 aliphatic carbocycles. The summed E-state index contributed by atoms with van der Waals surface area (Å²) in [6, 6.07) is 7.36. The van der Waals surface area contributed by atoms with Gasteiger partial charge in [0.15, 0.2) is 5.69 Å². The van der Waals surface area contributed by atoms with E-state index in [-0.39, 0.29) is 28.7 Å². The molecule has 2 amide bonds. The molecule has 2 heterocycles. The first-order chi connectivity index (χ1) is 17.0. The molecule has 2 aromatic heterocycles. The van der Waals surface area contributed by atoms with E-state index in [2.05, 4.69) is 16.0 Å². The predicted molar refractivity (Wildman–Crippen MR) is 137 cm³/mol. The molecule has 10 nitrogen and oxygen atoms in total. The monoisotopic (exact) mass is 496 g/mol. The normalized spacial score (nSPS) is 18.3. The molecule has 0 unspecified atom stereocenters.